The van der Waals surface area contributed by atoms with Crippen molar-refractivity contribution in [3.63, 3.8) is 0 Å². The molecule has 4 saturated carbocycles. The van der Waals surface area contributed by atoms with Crippen molar-refractivity contribution in [1.29, 1.82) is 0 Å². The van der Waals surface area contributed by atoms with Crippen LogP contribution in [0.15, 0.2) is 34.9 Å². The Morgan fingerprint density at radius 2 is 1.31 bits per heavy atom. The number of ether oxygens (including phenoxy) is 9. The molecule has 0 radical (unpaired) electrons. The lowest BCUT2D eigenvalue weighted by Crippen LogP contribution is -2.76. The van der Waals surface area contributed by atoms with Gasteiger partial charge in [-0.2, -0.15) is 0 Å². The highest BCUT2D eigenvalue weighted by Crippen LogP contribution is 2.76. The zero-order valence-corrected chi connectivity index (χ0v) is 53.0. The lowest BCUT2D eigenvalue weighted by atomic mass is 9.32. The summed E-state index contributed by atoms with van der Waals surface area (Å²) in [6.07, 6.45) is -20.5. The number of carbonyl (C=O) groups excluding carboxylic acids is 3. The molecular weight excluding hydrogens is 1140 g/mol. The fraction of sp³-hybridized carbons (Fsp3) is 0.859. The molecule has 0 aromatic rings. The predicted octanol–water partition coefficient (Wildman–Crippen LogP) is 2.55. The van der Waals surface area contributed by atoms with E-state index in [1.807, 2.05) is 48.5 Å². The smallest absolute Gasteiger partial charge is 0.338 e. The van der Waals surface area contributed by atoms with E-state index in [9.17, 15) is 70.6 Å². The van der Waals surface area contributed by atoms with Crippen molar-refractivity contribution in [1.82, 2.24) is 0 Å². The van der Waals surface area contributed by atoms with Gasteiger partial charge in [0, 0.05) is 16.9 Å². The molecule has 23 heteroatoms. The van der Waals surface area contributed by atoms with Crippen molar-refractivity contribution in [3.8, 4) is 0 Å². The lowest BCUT2D eigenvalue weighted by Gasteiger charge is -2.73. The van der Waals surface area contributed by atoms with Gasteiger partial charge < -0.3 is 98.8 Å². The fourth-order valence-corrected chi connectivity index (χ4v) is 17.2. The van der Waals surface area contributed by atoms with Crippen LogP contribution in [-0.2, 0) is 57.0 Å². The SMILES string of the molecule is CCOC(=O)[C@H]1O[C@@H](O[C@H]2CC[C@]3(C)[C@H]4CC=C5[C@@H]6CC(C)(C)[C@@H](OC(=O)/C=C(/C)CCC=C(C)C)[C@H](OC(=O)[C@H](C)CC)[C@]6(CO)[C@H](O)[C@H](O)[C@@]5(C)[C@]4(C)CC[C@H]3C2(C)C)[C@H](O[C@@H]2O[C@H](CO)[C@@H](O)[C@H](O)[C@H]2O)[C@@H](O)[C@@H]1O[C@@H]1O[C@@H](CO)[C@H](O)[C@H]1O. The maximum absolute atomic E-state index is 14.1. The van der Waals surface area contributed by atoms with Crippen LogP contribution in [0.4, 0.5) is 0 Å². The van der Waals surface area contributed by atoms with E-state index in [2.05, 4.69) is 39.8 Å². The minimum absolute atomic E-state index is 0.122. The molecule has 11 N–H and O–H groups in total. The highest BCUT2D eigenvalue weighted by atomic mass is 16.8. The third-order valence-electron chi connectivity index (χ3n) is 22.6. The molecule has 27 atom stereocenters. The maximum atomic E-state index is 14.1. The normalized spacial score (nSPS) is 46.1. The molecule has 3 heterocycles. The summed E-state index contributed by atoms with van der Waals surface area (Å²) in [4.78, 5) is 42.0. The number of hydrogen-bond acceptors (Lipinski definition) is 23. The van der Waals surface area contributed by atoms with Gasteiger partial charge in [0.25, 0.3) is 0 Å². The van der Waals surface area contributed by atoms with E-state index in [0.717, 1.165) is 23.1 Å². The van der Waals surface area contributed by atoms with E-state index in [0.29, 0.717) is 51.4 Å². The van der Waals surface area contributed by atoms with Gasteiger partial charge in [0.05, 0.1) is 56.1 Å². The van der Waals surface area contributed by atoms with Crippen LogP contribution >= 0.6 is 0 Å². The number of esters is 3. The Hall–Kier alpha value is -3.05. The van der Waals surface area contributed by atoms with Crippen LogP contribution in [0.25, 0.3) is 0 Å². The summed E-state index contributed by atoms with van der Waals surface area (Å²) in [5, 5.41) is 125. The molecule has 7 fully saturated rings. The first-order valence-electron chi connectivity index (χ1n) is 31.5. The largest absolute Gasteiger partial charge is 0.464 e. The molecule has 0 aromatic carbocycles. The van der Waals surface area contributed by atoms with Gasteiger partial charge in [-0.25, -0.2) is 9.59 Å². The second-order valence-corrected chi connectivity index (χ2v) is 28.7. The Morgan fingerprint density at radius 3 is 1.90 bits per heavy atom. The minimum Gasteiger partial charge on any atom is -0.464 e. The summed E-state index contributed by atoms with van der Waals surface area (Å²) in [5.41, 5.74) is -2.86. The summed E-state index contributed by atoms with van der Waals surface area (Å²) in [6, 6.07) is 0. The van der Waals surface area contributed by atoms with E-state index in [1.165, 1.54) is 6.08 Å². The monoisotopic (exact) mass is 1240 g/mol. The highest BCUT2D eigenvalue weighted by molar-refractivity contribution is 5.83. The van der Waals surface area contributed by atoms with Crippen LogP contribution < -0.4 is 0 Å². The second kappa shape index (κ2) is 26.5. The van der Waals surface area contributed by atoms with Crippen LogP contribution in [0.5, 0.6) is 0 Å². The number of aliphatic hydroxyl groups is 11. The van der Waals surface area contributed by atoms with Crippen LogP contribution in [-0.4, -0.2) is 217 Å². The molecule has 0 aromatic heterocycles. The molecule has 0 bridgehead atoms. The van der Waals surface area contributed by atoms with Gasteiger partial charge in [-0.1, -0.05) is 91.2 Å². The average molecular weight is 1240 g/mol. The van der Waals surface area contributed by atoms with Gasteiger partial charge in [-0.3, -0.25) is 4.79 Å². The zero-order chi connectivity index (χ0) is 64.4. The summed E-state index contributed by atoms with van der Waals surface area (Å²) < 4.78 is 55.3. The van der Waals surface area contributed by atoms with Crippen LogP contribution in [0.1, 0.15) is 148 Å². The number of hydrogen-bond donors (Lipinski definition) is 11. The topological polar surface area (TPSA) is 357 Å². The molecule has 3 saturated heterocycles. The Bertz CT molecular complexity index is 2530. The highest BCUT2D eigenvalue weighted by Gasteiger charge is 2.76. The maximum Gasteiger partial charge on any atom is 0.338 e. The van der Waals surface area contributed by atoms with Gasteiger partial charge in [-0.05, 0) is 119 Å². The number of rotatable bonds is 19. The predicted molar refractivity (Wildman–Crippen MR) is 309 cm³/mol. The Morgan fingerprint density at radius 1 is 0.701 bits per heavy atom. The molecule has 0 spiro atoms. The van der Waals surface area contributed by atoms with Crippen molar-refractivity contribution in [2.24, 2.45) is 56.2 Å². The number of carbonyl (C=O) groups is 3. The van der Waals surface area contributed by atoms with Gasteiger partial charge in [-0.15, -0.1) is 0 Å². The molecule has 8 rings (SSSR count). The quantitative estimate of drug-likeness (QED) is 0.0291. The van der Waals surface area contributed by atoms with Gasteiger partial charge in [0.1, 0.15) is 67.1 Å². The van der Waals surface area contributed by atoms with Crippen molar-refractivity contribution in [2.45, 2.75) is 264 Å². The zero-order valence-electron chi connectivity index (χ0n) is 53.0. The molecule has 23 nitrogen and oxygen atoms in total. The van der Waals surface area contributed by atoms with Crippen molar-refractivity contribution in [3.05, 3.63) is 34.9 Å². The number of allylic oxidation sites excluding steroid dienone is 4. The Labute approximate surface area is 511 Å². The third-order valence-corrected chi connectivity index (χ3v) is 22.6. The van der Waals surface area contributed by atoms with Gasteiger partial charge in [0.15, 0.2) is 31.1 Å². The van der Waals surface area contributed by atoms with Crippen LogP contribution in [0, 0.1) is 56.2 Å². The van der Waals surface area contributed by atoms with E-state index in [4.69, 9.17) is 42.6 Å². The van der Waals surface area contributed by atoms with Crippen LogP contribution in [0.3, 0.4) is 0 Å². The molecule has 496 valence electrons. The van der Waals surface area contributed by atoms with E-state index in [1.54, 1.807) is 13.8 Å². The molecular formula is C64H102O23. The first-order valence-corrected chi connectivity index (χ1v) is 31.5. The van der Waals surface area contributed by atoms with E-state index >= 15 is 0 Å². The van der Waals surface area contributed by atoms with E-state index < -0.39 is 199 Å². The number of aliphatic hydroxyl groups excluding tert-OH is 11. The second-order valence-electron chi connectivity index (χ2n) is 28.7. The van der Waals surface area contributed by atoms with E-state index in [-0.39, 0.29) is 18.4 Å². The molecule has 5 aliphatic carbocycles. The Balaban J connectivity index is 1.12. The van der Waals surface area contributed by atoms with Crippen molar-refractivity contribution < 1.29 is 113 Å². The van der Waals surface area contributed by atoms with Crippen molar-refractivity contribution >= 4 is 17.9 Å². The minimum atomic E-state index is -1.99. The van der Waals surface area contributed by atoms with Gasteiger partial charge >= 0.3 is 17.9 Å². The molecule has 0 unspecified atom stereocenters. The first kappa shape index (κ1) is 69.8. The van der Waals surface area contributed by atoms with Crippen molar-refractivity contribution in [2.75, 3.05) is 26.4 Å². The molecule has 8 aliphatic rings. The summed E-state index contributed by atoms with van der Waals surface area (Å²) in [6.45, 7) is 23.1. The first-order chi connectivity index (χ1) is 40.7. The molecule has 87 heavy (non-hydrogen) atoms. The average Bonchev–Trinajstić information content (AvgIpc) is 0.864. The summed E-state index contributed by atoms with van der Waals surface area (Å²) >= 11 is 0. The standard InChI is InChI=1S/C64H102O23/c1-14-32(6)54(77)87-53-52(83-40(68)25-31(5)18-16-17-30(3)4)59(7,8)26-34-33-19-20-38-61(11)23-22-39(60(9,10)37(61)21-24-62(38,12)63(33,13)50(75)51(76)64(34,53)29-67)82-58-48(85-57-45(73)43(71)41(69)35(27-65)80-57)46(74)47(49(86-58)55(78)79-15-2)84-56-44(72)42(70)36(28-66)81-56/h17,19,25,32,34-39,41-53,56-58,65-67,69-76H,14-16,18,20-24,26-29H2,1-13H3/b31-25-/t32-,34+,35-,36+,37+,38-,39+,41-,42+,43+,44-,45-,46+,47+,48-,49+,50+,51-,52+,53+,56+,57+,58-,61+,62-,63+,64+/m1/s1. The summed E-state index contributed by atoms with van der Waals surface area (Å²) in [5.74, 6) is -3.72. The van der Waals surface area contributed by atoms with Crippen LogP contribution in [0.2, 0.25) is 0 Å². The lowest BCUT2D eigenvalue weighted by molar-refractivity contribution is -0.383. The molecule has 0 amide bonds. The fourth-order valence-electron chi connectivity index (χ4n) is 17.2. The molecule has 3 aliphatic heterocycles. The number of fused-ring (bicyclic) bond motifs is 7. The third kappa shape index (κ3) is 12.1. The Kier molecular flexibility index (Phi) is 21.3. The summed E-state index contributed by atoms with van der Waals surface area (Å²) in [7, 11) is 0. The van der Waals surface area contributed by atoms with Gasteiger partial charge in [0.2, 0.25) is 0 Å².